The smallest absolute Gasteiger partial charge is 0.344 e. The topological polar surface area (TPSA) is 172 Å². The van der Waals surface area contributed by atoms with E-state index in [1.54, 1.807) is 13.0 Å². The Morgan fingerprint density at radius 3 is 2.39 bits per heavy atom. The maximum Gasteiger partial charge on any atom is 0.408 e. The first-order valence-electron chi connectivity index (χ1n) is 19.6. The van der Waals surface area contributed by atoms with Crippen molar-refractivity contribution < 1.29 is 52.7 Å². The third-order valence-corrected chi connectivity index (χ3v) is 12.0. The molecule has 14 nitrogen and oxygen atoms in total. The molecular weight excluding hydrogens is 935 g/mol. The molecule has 0 spiro atoms. The molecule has 3 atom stereocenters. The molecule has 0 radical (unpaired) electrons. The summed E-state index contributed by atoms with van der Waals surface area (Å²) in [6.45, 7) is -1.36. The molecule has 2 N–H and O–H groups in total. The molecule has 25 heteroatoms. The normalized spacial score (nSPS) is 17.0. The molecule has 4 aromatic heterocycles. The summed E-state index contributed by atoms with van der Waals surface area (Å²) in [5.74, 6) is -10.0. The van der Waals surface area contributed by atoms with Gasteiger partial charge in [0.15, 0.2) is 5.82 Å². The Morgan fingerprint density at radius 1 is 1.00 bits per heavy atom. The summed E-state index contributed by atoms with van der Waals surface area (Å²) >= 11 is 6.52. The van der Waals surface area contributed by atoms with Gasteiger partial charge in [0, 0.05) is 35.7 Å². The van der Waals surface area contributed by atoms with Crippen LogP contribution in [0.15, 0.2) is 65.6 Å². The van der Waals surface area contributed by atoms with Crippen LogP contribution in [-0.4, -0.2) is 65.8 Å². The minimum atomic E-state index is -5.02. The number of nitrogens with one attached hydrogen (secondary N) is 2. The zero-order valence-electron chi connectivity index (χ0n) is 33.8. The quantitative estimate of drug-likeness (QED) is 0.116. The SMILES string of the molecule is Cc1nccc(-c2ccc3c(=O)n(-c4ccc(Cl)c5c(NS(C)(=O)=O)nn(CC(F)(F)F)c45)c([C@H](Cc4cc(F)cc(F)c4)NC(=O)Cn4nc(C(F)F)c5c4C(F)(F)[C@@H]4C[C@H]54)nc3c2)n1. The van der Waals surface area contributed by atoms with Gasteiger partial charge < -0.3 is 5.32 Å². The van der Waals surface area contributed by atoms with Crippen LogP contribution in [0.3, 0.4) is 0 Å². The molecule has 2 aliphatic rings. The van der Waals surface area contributed by atoms with E-state index >= 15 is 13.6 Å². The van der Waals surface area contributed by atoms with Gasteiger partial charge >= 0.3 is 6.18 Å². The first kappa shape index (κ1) is 44.6. The lowest BCUT2D eigenvalue weighted by Crippen LogP contribution is -2.38. The fraction of sp³-hybridized carbons (Fsp3) is 0.293. The number of carbonyl (C=O) groups is 1. The first-order valence-corrected chi connectivity index (χ1v) is 21.9. The molecule has 7 aromatic rings. The van der Waals surface area contributed by atoms with Crippen LogP contribution < -0.4 is 15.6 Å². The van der Waals surface area contributed by atoms with E-state index in [2.05, 4.69) is 25.5 Å². The van der Waals surface area contributed by atoms with Gasteiger partial charge in [-0.3, -0.25) is 28.2 Å². The average Bonchev–Trinajstić information content (AvgIpc) is 3.74. The Bertz CT molecular complexity index is 3320. The number of fused-ring (bicyclic) bond motifs is 5. The van der Waals surface area contributed by atoms with Gasteiger partial charge in [-0.05, 0) is 67.3 Å². The predicted molar refractivity (Wildman–Crippen MR) is 219 cm³/mol. The maximum absolute atomic E-state index is 15.6. The summed E-state index contributed by atoms with van der Waals surface area (Å²) in [6.07, 6.45) is -6.86. The van der Waals surface area contributed by atoms with E-state index in [0.717, 1.165) is 28.8 Å². The van der Waals surface area contributed by atoms with E-state index in [1.807, 2.05) is 4.72 Å². The molecule has 0 bridgehead atoms. The maximum atomic E-state index is 15.6. The van der Waals surface area contributed by atoms with Crippen molar-refractivity contribution in [2.45, 2.75) is 63.3 Å². The number of aryl methyl sites for hydroxylation is 1. The van der Waals surface area contributed by atoms with Crippen molar-refractivity contribution in [3.63, 3.8) is 0 Å². The van der Waals surface area contributed by atoms with Crippen molar-refractivity contribution in [3.8, 4) is 16.9 Å². The number of amides is 1. The number of hydrogen-bond acceptors (Lipinski definition) is 9. The van der Waals surface area contributed by atoms with Crippen molar-refractivity contribution in [1.82, 2.24) is 44.4 Å². The van der Waals surface area contributed by atoms with Gasteiger partial charge in [0.25, 0.3) is 17.9 Å². The third-order valence-electron chi connectivity index (χ3n) is 11.1. The average molecular weight is 965 g/mol. The number of hydrogen-bond donors (Lipinski definition) is 2. The fourth-order valence-corrected chi connectivity index (χ4v) is 9.28. The van der Waals surface area contributed by atoms with Gasteiger partial charge in [-0.1, -0.05) is 17.7 Å². The number of aromatic nitrogens is 8. The molecule has 0 unspecified atom stereocenters. The van der Waals surface area contributed by atoms with Crippen LogP contribution >= 0.6 is 11.6 Å². The van der Waals surface area contributed by atoms with Gasteiger partial charge in [0.2, 0.25) is 15.9 Å². The highest BCUT2D eigenvalue weighted by Crippen LogP contribution is 2.68. The summed E-state index contributed by atoms with van der Waals surface area (Å²) in [4.78, 5) is 42.4. The van der Waals surface area contributed by atoms with Gasteiger partial charge in [-0.25, -0.2) is 40.9 Å². The van der Waals surface area contributed by atoms with Crippen LogP contribution in [0, 0.1) is 24.5 Å². The fourth-order valence-electron chi connectivity index (χ4n) is 8.55. The number of alkyl halides is 7. The molecule has 0 aliphatic heterocycles. The second-order valence-corrected chi connectivity index (χ2v) is 18.1. The van der Waals surface area contributed by atoms with Crippen molar-refractivity contribution in [3.05, 3.63) is 122 Å². The Morgan fingerprint density at radius 2 is 1.73 bits per heavy atom. The van der Waals surface area contributed by atoms with Crippen LogP contribution in [0.1, 0.15) is 59.0 Å². The summed E-state index contributed by atoms with van der Waals surface area (Å²) in [5, 5.41) is 9.15. The lowest BCUT2D eigenvalue weighted by molar-refractivity contribution is -0.141. The van der Waals surface area contributed by atoms with Crippen molar-refractivity contribution in [1.29, 1.82) is 0 Å². The van der Waals surface area contributed by atoms with E-state index in [0.29, 0.717) is 38.8 Å². The van der Waals surface area contributed by atoms with Crippen LogP contribution in [-0.2, 0) is 40.3 Å². The molecule has 2 aliphatic carbocycles. The molecular formula is C41H30ClF9N10O4S. The van der Waals surface area contributed by atoms with Crippen molar-refractivity contribution in [2.24, 2.45) is 5.92 Å². The molecule has 1 amide bonds. The predicted octanol–water partition coefficient (Wildman–Crippen LogP) is 7.81. The minimum absolute atomic E-state index is 0.0702. The van der Waals surface area contributed by atoms with E-state index in [4.69, 9.17) is 16.6 Å². The van der Waals surface area contributed by atoms with E-state index in [1.165, 1.54) is 24.4 Å². The number of anilines is 1. The summed E-state index contributed by atoms with van der Waals surface area (Å²) in [7, 11) is -4.24. The summed E-state index contributed by atoms with van der Waals surface area (Å²) in [6, 6.07) is 8.50. The number of nitrogens with zero attached hydrogens (tertiary/aromatic N) is 8. The second-order valence-electron chi connectivity index (χ2n) is 15.9. The Hall–Kier alpha value is -6.56. The molecule has 66 heavy (non-hydrogen) atoms. The lowest BCUT2D eigenvalue weighted by Gasteiger charge is -2.24. The Labute approximate surface area is 370 Å². The standard InChI is InChI=1S/C41H30ClF9N10O4S/c1-17-52-8-7-26(53-17)19-3-4-22-27(12-19)55-38(61(39(22)63)29-6-5-25(42)32-34(29)60(16-40(47,48)49)57-37(32)58-66(2,64)65)28(11-18-9-20(43)13-21(44)10-18)54-30(62)15-59-35-31(33(56-59)36(45)46)23-14-24(23)41(35,50)51/h3-10,12-13,23-24,28,36H,11,14-16H2,1-2H3,(H,54,62)(H,57,58)/t23-,24+,28-/m0/s1. The number of carbonyl (C=O) groups excluding carboxylic acids is 1. The zero-order valence-corrected chi connectivity index (χ0v) is 35.4. The van der Waals surface area contributed by atoms with Crippen LogP contribution in [0.5, 0.6) is 0 Å². The molecule has 9 rings (SSSR count). The number of sulfonamides is 1. The van der Waals surface area contributed by atoms with Gasteiger partial charge in [0.1, 0.15) is 47.8 Å². The van der Waals surface area contributed by atoms with E-state index < -0.39 is 129 Å². The number of benzene rings is 3. The molecule has 1 fully saturated rings. The van der Waals surface area contributed by atoms with Gasteiger partial charge in [0.05, 0.1) is 50.5 Å². The Kier molecular flexibility index (Phi) is 10.7. The molecule has 3 aromatic carbocycles. The second kappa shape index (κ2) is 15.8. The van der Waals surface area contributed by atoms with E-state index in [9.17, 15) is 43.9 Å². The van der Waals surface area contributed by atoms with Crippen LogP contribution in [0.2, 0.25) is 5.02 Å². The summed E-state index contributed by atoms with van der Waals surface area (Å²) in [5.41, 5.74) is -3.78. The third kappa shape index (κ3) is 8.19. The van der Waals surface area contributed by atoms with Crippen molar-refractivity contribution >= 4 is 55.2 Å². The summed E-state index contributed by atoms with van der Waals surface area (Å²) < 4.78 is 160. The Balaban J connectivity index is 1.29. The molecule has 4 heterocycles. The molecule has 1 saturated carbocycles. The van der Waals surface area contributed by atoms with Gasteiger partial charge in [-0.2, -0.15) is 32.1 Å². The monoisotopic (exact) mass is 964 g/mol. The number of halogens is 10. The van der Waals surface area contributed by atoms with E-state index in [-0.39, 0.29) is 33.5 Å². The highest BCUT2D eigenvalue weighted by atomic mass is 35.5. The zero-order chi connectivity index (χ0) is 47.4. The number of rotatable bonds is 12. The van der Waals surface area contributed by atoms with Crippen LogP contribution in [0.4, 0.5) is 45.3 Å². The molecule has 0 saturated heterocycles. The molecule has 344 valence electrons. The van der Waals surface area contributed by atoms with Crippen molar-refractivity contribution in [2.75, 3.05) is 11.0 Å². The van der Waals surface area contributed by atoms with Gasteiger partial charge in [-0.15, -0.1) is 0 Å². The lowest BCUT2D eigenvalue weighted by atomic mass is 10.0. The minimum Gasteiger partial charge on any atom is -0.344 e. The highest BCUT2D eigenvalue weighted by molar-refractivity contribution is 7.92. The van der Waals surface area contributed by atoms with Crippen LogP contribution in [0.25, 0.3) is 38.8 Å². The largest absolute Gasteiger partial charge is 0.408 e. The first-order chi connectivity index (χ1) is 31.0. The highest BCUT2D eigenvalue weighted by Gasteiger charge is 2.67.